The zero-order chi connectivity index (χ0) is 18.1. The molecule has 130 valence electrons. The second-order valence-corrected chi connectivity index (χ2v) is 7.22. The Morgan fingerprint density at radius 3 is 2.73 bits per heavy atom. The van der Waals surface area contributed by atoms with E-state index in [9.17, 15) is 14.7 Å². The number of nitrogens with zero attached hydrogens (tertiary/aromatic N) is 2. The number of ketones is 1. The lowest BCUT2D eigenvalue weighted by Crippen LogP contribution is -2.41. The minimum absolute atomic E-state index is 0.310. The molecule has 3 aromatic rings. The molecule has 2 aromatic heterocycles. The van der Waals surface area contributed by atoms with Crippen molar-refractivity contribution in [3.05, 3.63) is 82.3 Å². The van der Waals surface area contributed by atoms with Gasteiger partial charge >= 0.3 is 0 Å². The van der Waals surface area contributed by atoms with E-state index < -0.39 is 11.5 Å². The first-order valence-electron chi connectivity index (χ1n) is 8.19. The molecule has 0 unspecified atom stereocenters. The third-order valence-corrected chi connectivity index (χ3v) is 5.39. The number of aliphatic hydroxyl groups is 1. The lowest BCUT2D eigenvalue weighted by molar-refractivity contribution is -0.136. The largest absolute Gasteiger partial charge is 0.375 e. The number of amides is 1. The van der Waals surface area contributed by atoms with Crippen molar-refractivity contribution in [1.29, 1.82) is 0 Å². The van der Waals surface area contributed by atoms with Crippen LogP contribution in [-0.2, 0) is 16.9 Å². The van der Waals surface area contributed by atoms with E-state index in [0.717, 1.165) is 4.88 Å². The van der Waals surface area contributed by atoms with Gasteiger partial charge in [0.05, 0.1) is 18.7 Å². The van der Waals surface area contributed by atoms with Crippen LogP contribution in [0.5, 0.6) is 0 Å². The first-order chi connectivity index (χ1) is 12.6. The van der Waals surface area contributed by atoms with E-state index in [4.69, 9.17) is 0 Å². The summed E-state index contributed by atoms with van der Waals surface area (Å²) in [5, 5.41) is 13.2. The zero-order valence-corrected chi connectivity index (χ0v) is 14.6. The maximum absolute atomic E-state index is 13.1. The molecule has 1 aromatic carbocycles. The van der Waals surface area contributed by atoms with Crippen LogP contribution < -0.4 is 4.90 Å². The summed E-state index contributed by atoms with van der Waals surface area (Å²) in [7, 11) is 0. The number of hydrogen-bond donors (Lipinski definition) is 1. The number of thiophene rings is 1. The van der Waals surface area contributed by atoms with E-state index in [1.165, 1.54) is 6.20 Å². The molecule has 0 bridgehead atoms. The summed E-state index contributed by atoms with van der Waals surface area (Å²) in [5.41, 5.74) is -0.366. The van der Waals surface area contributed by atoms with E-state index in [1.807, 2.05) is 23.6 Å². The van der Waals surface area contributed by atoms with Crippen LogP contribution in [0.4, 0.5) is 5.69 Å². The number of pyridine rings is 1. The standard InChI is InChI=1S/C20H16N2O3S/c23-18(14-5-3-9-21-12-14)11-20(25)16-7-1-2-8-17(16)22(19(20)24)13-15-6-4-10-26-15/h1-10,12,25H,11,13H2/t20-/m0/s1. The Labute approximate surface area is 154 Å². The minimum Gasteiger partial charge on any atom is -0.375 e. The molecule has 0 saturated heterocycles. The molecule has 1 aliphatic rings. The van der Waals surface area contributed by atoms with Crippen LogP contribution >= 0.6 is 11.3 Å². The lowest BCUT2D eigenvalue weighted by atomic mass is 9.88. The third-order valence-electron chi connectivity index (χ3n) is 4.53. The topological polar surface area (TPSA) is 70.5 Å². The summed E-state index contributed by atoms with van der Waals surface area (Å²) in [6.07, 6.45) is 2.71. The van der Waals surface area contributed by atoms with Gasteiger partial charge in [-0.1, -0.05) is 24.3 Å². The molecule has 1 aliphatic heterocycles. The average molecular weight is 364 g/mol. The highest BCUT2D eigenvalue weighted by atomic mass is 32.1. The van der Waals surface area contributed by atoms with Gasteiger partial charge in [0.25, 0.3) is 5.91 Å². The van der Waals surface area contributed by atoms with Gasteiger partial charge in [-0.25, -0.2) is 0 Å². The zero-order valence-electron chi connectivity index (χ0n) is 13.8. The Balaban J connectivity index is 1.69. The molecule has 26 heavy (non-hydrogen) atoms. The van der Waals surface area contributed by atoms with E-state index in [1.54, 1.807) is 52.8 Å². The number of rotatable bonds is 5. The van der Waals surface area contributed by atoms with Crippen molar-refractivity contribution in [2.45, 2.75) is 18.6 Å². The van der Waals surface area contributed by atoms with Crippen LogP contribution in [0, 0.1) is 0 Å². The quantitative estimate of drug-likeness (QED) is 0.706. The van der Waals surface area contributed by atoms with Crippen LogP contribution in [0.15, 0.2) is 66.3 Å². The van der Waals surface area contributed by atoms with E-state index in [-0.39, 0.29) is 12.2 Å². The average Bonchev–Trinajstić information content (AvgIpc) is 3.25. The van der Waals surface area contributed by atoms with Crippen molar-refractivity contribution < 1.29 is 14.7 Å². The second kappa shape index (κ2) is 6.48. The Hall–Kier alpha value is -2.83. The van der Waals surface area contributed by atoms with Gasteiger partial charge in [0.1, 0.15) is 0 Å². The molecule has 6 heteroatoms. The van der Waals surface area contributed by atoms with Crippen molar-refractivity contribution in [3.63, 3.8) is 0 Å². The smallest absolute Gasteiger partial charge is 0.264 e. The Bertz CT molecular complexity index is 956. The number of anilines is 1. The van der Waals surface area contributed by atoms with Crippen molar-refractivity contribution in [3.8, 4) is 0 Å². The predicted molar refractivity (Wildman–Crippen MR) is 99.0 cm³/mol. The maximum atomic E-state index is 13.1. The highest BCUT2D eigenvalue weighted by molar-refractivity contribution is 7.09. The van der Waals surface area contributed by atoms with Crippen molar-refractivity contribution in [2.24, 2.45) is 0 Å². The number of hydrogen-bond acceptors (Lipinski definition) is 5. The molecule has 5 nitrogen and oxygen atoms in total. The first-order valence-corrected chi connectivity index (χ1v) is 9.07. The number of carbonyl (C=O) groups excluding carboxylic acids is 2. The Morgan fingerprint density at radius 1 is 1.15 bits per heavy atom. The van der Waals surface area contributed by atoms with Gasteiger partial charge in [0, 0.05) is 28.4 Å². The maximum Gasteiger partial charge on any atom is 0.264 e. The van der Waals surface area contributed by atoms with Crippen LogP contribution in [0.3, 0.4) is 0 Å². The van der Waals surface area contributed by atoms with Crippen molar-refractivity contribution in [1.82, 2.24) is 4.98 Å². The highest BCUT2D eigenvalue weighted by Gasteiger charge is 2.50. The SMILES string of the molecule is O=C(C[C@@]1(O)C(=O)N(Cc2cccs2)c2ccccc21)c1cccnc1. The van der Waals surface area contributed by atoms with Gasteiger partial charge in [-0.15, -0.1) is 11.3 Å². The number of Topliss-reactive ketones (excluding diaryl/α,β-unsaturated/α-hetero) is 1. The Kier molecular flexibility index (Phi) is 4.14. The van der Waals surface area contributed by atoms with Gasteiger partial charge in [-0.3, -0.25) is 14.6 Å². The molecular weight excluding hydrogens is 348 g/mol. The molecule has 0 radical (unpaired) electrons. The summed E-state index contributed by atoms with van der Waals surface area (Å²) in [5.74, 6) is -0.786. The summed E-state index contributed by atoms with van der Waals surface area (Å²) in [6.45, 7) is 0.372. The molecule has 0 spiro atoms. The monoisotopic (exact) mass is 364 g/mol. The minimum atomic E-state index is -1.86. The molecule has 1 N–H and O–H groups in total. The van der Waals surface area contributed by atoms with Gasteiger partial charge in [-0.05, 0) is 29.6 Å². The molecule has 0 saturated carbocycles. The number of para-hydroxylation sites is 1. The van der Waals surface area contributed by atoms with Crippen LogP contribution in [-0.4, -0.2) is 21.8 Å². The van der Waals surface area contributed by atoms with E-state index in [2.05, 4.69) is 4.98 Å². The lowest BCUT2D eigenvalue weighted by Gasteiger charge is -2.22. The fourth-order valence-corrected chi connectivity index (χ4v) is 3.95. The van der Waals surface area contributed by atoms with Gasteiger partial charge in [-0.2, -0.15) is 0 Å². The predicted octanol–water partition coefficient (Wildman–Crippen LogP) is 3.15. The highest BCUT2D eigenvalue weighted by Crippen LogP contribution is 2.43. The van der Waals surface area contributed by atoms with Gasteiger partial charge in [0.15, 0.2) is 11.4 Å². The van der Waals surface area contributed by atoms with Crippen molar-refractivity contribution >= 4 is 28.7 Å². The van der Waals surface area contributed by atoms with Crippen LogP contribution in [0.25, 0.3) is 0 Å². The molecule has 4 rings (SSSR count). The number of fused-ring (bicyclic) bond motifs is 1. The fourth-order valence-electron chi connectivity index (χ4n) is 3.25. The summed E-state index contributed by atoms with van der Waals surface area (Å²) >= 11 is 1.55. The van der Waals surface area contributed by atoms with E-state index >= 15 is 0 Å². The summed E-state index contributed by atoms with van der Waals surface area (Å²) < 4.78 is 0. The normalized spacial score (nSPS) is 18.8. The van der Waals surface area contributed by atoms with Crippen LogP contribution in [0.1, 0.15) is 27.2 Å². The summed E-state index contributed by atoms with van der Waals surface area (Å²) in [6, 6.07) is 14.2. The number of aromatic nitrogens is 1. The van der Waals surface area contributed by atoms with Gasteiger partial charge < -0.3 is 10.0 Å². The van der Waals surface area contributed by atoms with Crippen molar-refractivity contribution in [2.75, 3.05) is 4.90 Å². The van der Waals surface area contributed by atoms with Gasteiger partial charge in [0.2, 0.25) is 0 Å². The van der Waals surface area contributed by atoms with E-state index in [0.29, 0.717) is 23.4 Å². The summed E-state index contributed by atoms with van der Waals surface area (Å²) in [4.78, 5) is 32.2. The molecule has 0 aliphatic carbocycles. The Morgan fingerprint density at radius 2 is 2.00 bits per heavy atom. The molecule has 1 atom stereocenters. The van der Waals surface area contributed by atoms with Crippen LogP contribution in [0.2, 0.25) is 0 Å². The molecular formula is C20H16N2O3S. The first kappa shape index (κ1) is 16.6. The molecule has 3 heterocycles. The third kappa shape index (κ3) is 2.73. The molecule has 1 amide bonds. The number of benzene rings is 1. The number of carbonyl (C=O) groups is 2. The fraction of sp³-hybridized carbons (Fsp3) is 0.150. The molecule has 0 fully saturated rings. The second-order valence-electron chi connectivity index (χ2n) is 6.19.